The van der Waals surface area contributed by atoms with E-state index in [1.807, 2.05) is 6.92 Å². The molecule has 0 aliphatic carbocycles. The highest BCUT2D eigenvalue weighted by molar-refractivity contribution is 9.10. The maximum atomic E-state index is 12.6. The number of allylic oxidation sites excluding steroid dienone is 1. The molecule has 1 aromatic rings. The van der Waals surface area contributed by atoms with Crippen molar-refractivity contribution in [1.29, 1.82) is 0 Å². The predicted molar refractivity (Wildman–Crippen MR) is 71.7 cm³/mol. The second-order valence-corrected chi connectivity index (χ2v) is 5.05. The molecule has 0 saturated heterocycles. The Morgan fingerprint density at radius 3 is 2.61 bits per heavy atom. The smallest absolute Gasteiger partial charge is 0.383 e. The Morgan fingerprint density at radius 2 is 2.06 bits per heavy atom. The molecule has 5 heteroatoms. The van der Waals surface area contributed by atoms with Gasteiger partial charge in [-0.1, -0.05) is 22.0 Å². The summed E-state index contributed by atoms with van der Waals surface area (Å²) in [7, 11) is 0. The average Bonchev–Trinajstić information content (AvgIpc) is 2.24. The lowest BCUT2D eigenvalue weighted by molar-refractivity contribution is -0.137. The van der Waals surface area contributed by atoms with E-state index in [1.165, 1.54) is 0 Å². The lowest BCUT2D eigenvalue weighted by Gasteiger charge is -2.16. The highest BCUT2D eigenvalue weighted by Gasteiger charge is 2.31. The highest BCUT2D eigenvalue weighted by atomic mass is 79.9. The first-order chi connectivity index (χ1) is 8.32. The fourth-order valence-corrected chi connectivity index (χ4v) is 2.05. The second kappa shape index (κ2) is 6.27. The molecule has 1 unspecified atom stereocenters. The lowest BCUT2D eigenvalue weighted by atomic mass is 10.1. The Labute approximate surface area is 113 Å². The molecule has 0 aliphatic rings. The van der Waals surface area contributed by atoms with Crippen molar-refractivity contribution in [1.82, 2.24) is 0 Å². The van der Waals surface area contributed by atoms with Gasteiger partial charge in [0.05, 0.1) is 5.56 Å². The van der Waals surface area contributed by atoms with Crippen molar-refractivity contribution in [2.45, 2.75) is 32.0 Å². The lowest BCUT2D eigenvalue weighted by Crippen LogP contribution is -2.15. The van der Waals surface area contributed by atoms with Crippen molar-refractivity contribution in [2.75, 3.05) is 5.32 Å². The molecule has 0 aliphatic heterocycles. The molecule has 1 rings (SSSR count). The number of hydrogen-bond acceptors (Lipinski definition) is 1. The molecule has 0 heterocycles. The quantitative estimate of drug-likeness (QED) is 0.732. The minimum Gasteiger partial charge on any atom is -0.383 e. The van der Waals surface area contributed by atoms with Crippen LogP contribution in [0.2, 0.25) is 0 Å². The fraction of sp³-hybridized carbons (Fsp3) is 0.385. The molecule has 0 radical (unpaired) electrons. The monoisotopic (exact) mass is 321 g/mol. The Kier molecular flexibility index (Phi) is 5.26. The molecule has 0 aromatic heterocycles. The van der Waals surface area contributed by atoms with Crippen LogP contribution in [-0.2, 0) is 6.18 Å². The third-order valence-corrected chi connectivity index (χ3v) is 2.90. The summed E-state index contributed by atoms with van der Waals surface area (Å²) in [6, 6.07) is 3.92. The van der Waals surface area contributed by atoms with E-state index in [-0.39, 0.29) is 6.04 Å². The summed E-state index contributed by atoms with van der Waals surface area (Å²) in [5.41, 5.74) is -0.191. The minimum atomic E-state index is -4.33. The molecule has 1 atom stereocenters. The van der Waals surface area contributed by atoms with Crippen molar-refractivity contribution in [3.05, 3.63) is 40.9 Å². The van der Waals surface area contributed by atoms with Crippen LogP contribution in [0.15, 0.2) is 35.3 Å². The van der Waals surface area contributed by atoms with E-state index in [1.54, 1.807) is 12.1 Å². The molecule has 0 saturated carbocycles. The minimum absolute atomic E-state index is 0.0957. The molecule has 0 fully saturated rings. The van der Waals surface area contributed by atoms with Crippen molar-refractivity contribution in [3.63, 3.8) is 0 Å². The van der Waals surface area contributed by atoms with Crippen LogP contribution in [0, 0.1) is 0 Å². The van der Waals surface area contributed by atoms with Gasteiger partial charge in [-0.2, -0.15) is 13.2 Å². The average molecular weight is 322 g/mol. The number of benzene rings is 1. The first-order valence-corrected chi connectivity index (χ1v) is 6.37. The molecule has 1 aromatic carbocycles. The van der Waals surface area contributed by atoms with Gasteiger partial charge in [-0.05, 0) is 38.0 Å². The molecule has 0 amide bonds. The maximum Gasteiger partial charge on any atom is 0.416 e. The van der Waals surface area contributed by atoms with Gasteiger partial charge in [0.25, 0.3) is 0 Å². The third-order valence-electron chi connectivity index (χ3n) is 2.44. The Bertz CT molecular complexity index is 415. The summed E-state index contributed by atoms with van der Waals surface area (Å²) in [5.74, 6) is 0. The first-order valence-electron chi connectivity index (χ1n) is 5.58. The Balaban J connectivity index is 2.83. The Morgan fingerprint density at radius 1 is 1.39 bits per heavy atom. The number of hydrogen-bond donors (Lipinski definition) is 1. The van der Waals surface area contributed by atoms with Gasteiger partial charge in [-0.15, -0.1) is 6.58 Å². The number of anilines is 1. The van der Waals surface area contributed by atoms with E-state index in [0.29, 0.717) is 10.2 Å². The maximum absolute atomic E-state index is 12.6. The first kappa shape index (κ1) is 15.1. The van der Waals surface area contributed by atoms with Crippen LogP contribution < -0.4 is 5.32 Å². The molecule has 0 spiro atoms. The second-order valence-electron chi connectivity index (χ2n) is 4.14. The van der Waals surface area contributed by atoms with Crippen LogP contribution in [0.1, 0.15) is 25.3 Å². The van der Waals surface area contributed by atoms with Gasteiger partial charge in [0.1, 0.15) is 0 Å². The van der Waals surface area contributed by atoms with Crippen molar-refractivity contribution >= 4 is 21.6 Å². The van der Waals surface area contributed by atoms with Crippen LogP contribution in [0.5, 0.6) is 0 Å². The van der Waals surface area contributed by atoms with E-state index < -0.39 is 11.7 Å². The molecular weight excluding hydrogens is 307 g/mol. The zero-order valence-corrected chi connectivity index (χ0v) is 11.6. The van der Waals surface area contributed by atoms with Crippen LogP contribution >= 0.6 is 15.9 Å². The van der Waals surface area contributed by atoms with E-state index in [0.717, 1.165) is 25.0 Å². The largest absolute Gasteiger partial charge is 0.416 e. The van der Waals surface area contributed by atoms with E-state index in [4.69, 9.17) is 0 Å². The van der Waals surface area contributed by atoms with Crippen molar-refractivity contribution < 1.29 is 13.2 Å². The van der Waals surface area contributed by atoms with Crippen LogP contribution in [0.4, 0.5) is 18.9 Å². The zero-order valence-electron chi connectivity index (χ0n) is 10.0. The molecule has 1 N–H and O–H groups in total. The molecule has 18 heavy (non-hydrogen) atoms. The van der Waals surface area contributed by atoms with Gasteiger partial charge in [0.15, 0.2) is 0 Å². The summed E-state index contributed by atoms with van der Waals surface area (Å²) in [4.78, 5) is 0. The molecule has 1 nitrogen and oxygen atoms in total. The van der Waals surface area contributed by atoms with E-state index >= 15 is 0 Å². The van der Waals surface area contributed by atoms with Gasteiger partial charge >= 0.3 is 6.18 Å². The van der Waals surface area contributed by atoms with Crippen LogP contribution in [0.3, 0.4) is 0 Å². The van der Waals surface area contributed by atoms with Gasteiger partial charge in [-0.25, -0.2) is 0 Å². The Hall–Kier alpha value is -0.970. The van der Waals surface area contributed by atoms with Crippen molar-refractivity contribution in [2.24, 2.45) is 0 Å². The van der Waals surface area contributed by atoms with Crippen LogP contribution in [-0.4, -0.2) is 6.04 Å². The van der Waals surface area contributed by atoms with Gasteiger partial charge < -0.3 is 5.32 Å². The third kappa shape index (κ3) is 4.72. The summed E-state index contributed by atoms with van der Waals surface area (Å²) in [5, 5.41) is 3.05. The highest BCUT2D eigenvalue weighted by Crippen LogP contribution is 2.33. The normalized spacial score (nSPS) is 13.2. The number of rotatable bonds is 5. The SMILES string of the molecule is C=CCCC(C)Nc1cc(Br)cc(C(F)(F)F)c1. The number of alkyl halides is 3. The van der Waals surface area contributed by atoms with Crippen molar-refractivity contribution in [3.8, 4) is 0 Å². The van der Waals surface area contributed by atoms with E-state index in [2.05, 4.69) is 27.8 Å². The zero-order chi connectivity index (χ0) is 13.8. The fourth-order valence-electron chi connectivity index (χ4n) is 1.56. The number of nitrogens with one attached hydrogen (secondary N) is 1. The van der Waals surface area contributed by atoms with Crippen LogP contribution in [0.25, 0.3) is 0 Å². The molecular formula is C13H15BrF3N. The molecule has 100 valence electrons. The van der Waals surface area contributed by atoms with Gasteiger partial charge in [0.2, 0.25) is 0 Å². The standard InChI is InChI=1S/C13H15BrF3N/c1-3-4-5-9(2)18-12-7-10(13(15,16)17)6-11(14)8-12/h3,6-9,18H,1,4-5H2,2H3. The van der Waals surface area contributed by atoms with Gasteiger partial charge in [0, 0.05) is 16.2 Å². The van der Waals surface area contributed by atoms with Gasteiger partial charge in [-0.3, -0.25) is 0 Å². The summed E-state index contributed by atoms with van der Waals surface area (Å²) < 4.78 is 38.3. The number of halogens is 4. The summed E-state index contributed by atoms with van der Waals surface area (Å²) >= 11 is 3.09. The topological polar surface area (TPSA) is 12.0 Å². The molecule has 0 bridgehead atoms. The summed E-state index contributed by atoms with van der Waals surface area (Å²) in [6.07, 6.45) is -0.879. The predicted octanol–water partition coefficient (Wildman–Crippen LogP) is 5.23. The summed E-state index contributed by atoms with van der Waals surface area (Å²) in [6.45, 7) is 5.54. The van der Waals surface area contributed by atoms with E-state index in [9.17, 15) is 13.2 Å².